The molecule has 1 saturated heterocycles. The lowest BCUT2D eigenvalue weighted by atomic mass is 10.1. The van der Waals surface area contributed by atoms with Crippen molar-refractivity contribution >= 4 is 5.69 Å². The van der Waals surface area contributed by atoms with Gasteiger partial charge in [0.1, 0.15) is 5.75 Å². The summed E-state index contributed by atoms with van der Waals surface area (Å²) in [6.07, 6.45) is 4.16. The number of likely N-dealkylation sites (tertiary alicyclic amines) is 1. The van der Waals surface area contributed by atoms with Crippen molar-refractivity contribution in [1.29, 1.82) is 0 Å². The highest BCUT2D eigenvalue weighted by Gasteiger charge is 2.25. The summed E-state index contributed by atoms with van der Waals surface area (Å²) in [7, 11) is 4.14. The molecule has 0 amide bonds. The van der Waals surface area contributed by atoms with E-state index < -0.39 is 0 Å². The van der Waals surface area contributed by atoms with Gasteiger partial charge in [-0.3, -0.25) is 0 Å². The van der Waals surface area contributed by atoms with Crippen molar-refractivity contribution < 1.29 is 9.22 Å². The van der Waals surface area contributed by atoms with E-state index in [2.05, 4.69) is 66.5 Å². The number of likely N-dealkylation sites (N-methyl/N-ethyl adjacent to an activating group) is 1. The van der Waals surface area contributed by atoms with E-state index in [0.717, 1.165) is 18.8 Å². The number of para-hydroxylation sites is 1. The van der Waals surface area contributed by atoms with Crippen molar-refractivity contribution in [3.8, 4) is 5.75 Å². The Labute approximate surface area is 152 Å². The minimum Gasteiger partial charge on any atom is -0.497 e. The smallest absolute Gasteiger partial charge is 0.118 e. The molecule has 0 atom stereocenters. The fourth-order valence-electron chi connectivity index (χ4n) is 3.75. The topological polar surface area (TPSA) is 12.5 Å². The Kier molecular flexibility index (Phi) is 5.98. The largest absolute Gasteiger partial charge is 0.497 e. The first-order valence-electron chi connectivity index (χ1n) is 9.45. The molecule has 1 aliphatic heterocycles. The first kappa shape index (κ1) is 17.8. The highest BCUT2D eigenvalue weighted by Crippen LogP contribution is 2.21. The summed E-state index contributed by atoms with van der Waals surface area (Å²) in [6, 6.07) is 19.3. The van der Waals surface area contributed by atoms with Crippen LogP contribution < -0.4 is 9.64 Å². The van der Waals surface area contributed by atoms with Crippen molar-refractivity contribution in [2.45, 2.75) is 25.8 Å². The minimum absolute atomic E-state index is 0.918. The molecule has 3 heteroatoms. The second-order valence-corrected chi connectivity index (χ2v) is 7.46. The molecule has 2 aromatic carbocycles. The van der Waals surface area contributed by atoms with Gasteiger partial charge in [-0.2, -0.15) is 0 Å². The Morgan fingerprint density at radius 1 is 0.920 bits per heavy atom. The number of quaternary nitrogens is 1. The number of anilines is 1. The monoisotopic (exact) mass is 339 g/mol. The summed E-state index contributed by atoms with van der Waals surface area (Å²) in [5.41, 5.74) is 2.63. The molecule has 0 saturated carbocycles. The van der Waals surface area contributed by atoms with Crippen molar-refractivity contribution in [2.24, 2.45) is 0 Å². The van der Waals surface area contributed by atoms with Gasteiger partial charge in [-0.25, -0.2) is 0 Å². The maximum absolute atomic E-state index is 5.28. The van der Waals surface area contributed by atoms with Gasteiger partial charge in [0, 0.05) is 12.2 Å². The zero-order valence-corrected chi connectivity index (χ0v) is 15.7. The average molecular weight is 340 g/mol. The van der Waals surface area contributed by atoms with Crippen molar-refractivity contribution in [1.82, 2.24) is 0 Å². The fourth-order valence-corrected chi connectivity index (χ4v) is 3.75. The third-order valence-electron chi connectivity index (χ3n) is 5.46. The SMILES string of the molecule is COc1ccc(CN(CC[N+]2(C)CCCCC2)c2ccccc2)cc1. The predicted octanol–water partition coefficient (Wildman–Crippen LogP) is 4.33. The molecule has 25 heavy (non-hydrogen) atoms. The molecule has 0 bridgehead atoms. The third kappa shape index (κ3) is 4.99. The lowest BCUT2D eigenvalue weighted by molar-refractivity contribution is -0.912. The molecule has 1 aliphatic rings. The quantitative estimate of drug-likeness (QED) is 0.696. The van der Waals surface area contributed by atoms with Crippen LogP contribution in [0, 0.1) is 0 Å². The lowest BCUT2D eigenvalue weighted by Crippen LogP contribution is -2.51. The van der Waals surface area contributed by atoms with Crippen LogP contribution in [0.4, 0.5) is 5.69 Å². The van der Waals surface area contributed by atoms with Crippen LogP contribution in [0.2, 0.25) is 0 Å². The molecular weight excluding hydrogens is 308 g/mol. The van der Waals surface area contributed by atoms with Crippen LogP contribution in [-0.4, -0.2) is 44.8 Å². The molecule has 134 valence electrons. The zero-order chi connectivity index (χ0) is 17.5. The average Bonchev–Trinajstić information content (AvgIpc) is 2.67. The van der Waals surface area contributed by atoms with Gasteiger partial charge in [0.05, 0.1) is 40.3 Å². The number of hydrogen-bond donors (Lipinski definition) is 0. The number of rotatable bonds is 7. The van der Waals surface area contributed by atoms with E-state index in [-0.39, 0.29) is 0 Å². The van der Waals surface area contributed by atoms with E-state index in [1.165, 1.54) is 54.6 Å². The summed E-state index contributed by atoms with van der Waals surface area (Å²) < 4.78 is 6.50. The standard InChI is InChI=1S/C22H31N2O/c1-24(16-7-4-8-17-24)18-15-23(21-9-5-3-6-10-21)19-20-11-13-22(25-2)14-12-20/h3,5-6,9-14H,4,7-8,15-19H2,1-2H3/q+1. The molecule has 0 aliphatic carbocycles. The van der Waals surface area contributed by atoms with Crippen LogP contribution in [0.25, 0.3) is 0 Å². The van der Waals surface area contributed by atoms with Gasteiger partial charge in [0.2, 0.25) is 0 Å². The Morgan fingerprint density at radius 2 is 1.60 bits per heavy atom. The molecule has 0 aromatic heterocycles. The van der Waals surface area contributed by atoms with E-state index in [9.17, 15) is 0 Å². The molecule has 0 unspecified atom stereocenters. The normalized spacial score (nSPS) is 16.4. The van der Waals surface area contributed by atoms with Crippen LogP contribution in [0.5, 0.6) is 5.75 Å². The summed E-state index contributed by atoms with van der Waals surface area (Å²) in [5.74, 6) is 0.918. The van der Waals surface area contributed by atoms with Gasteiger partial charge in [0.25, 0.3) is 0 Å². The summed E-state index contributed by atoms with van der Waals surface area (Å²) in [5, 5.41) is 0. The molecular formula is C22H31N2O+. The second kappa shape index (κ2) is 8.39. The summed E-state index contributed by atoms with van der Waals surface area (Å²) in [4.78, 5) is 2.51. The Bertz CT molecular complexity index is 633. The maximum Gasteiger partial charge on any atom is 0.118 e. The summed E-state index contributed by atoms with van der Waals surface area (Å²) >= 11 is 0. The number of piperidine rings is 1. The van der Waals surface area contributed by atoms with Crippen LogP contribution in [-0.2, 0) is 6.54 Å². The van der Waals surface area contributed by atoms with Crippen molar-refractivity contribution in [3.63, 3.8) is 0 Å². The van der Waals surface area contributed by atoms with Crippen molar-refractivity contribution in [3.05, 3.63) is 60.2 Å². The van der Waals surface area contributed by atoms with E-state index in [1.807, 2.05) is 0 Å². The lowest BCUT2D eigenvalue weighted by Gasteiger charge is -2.39. The van der Waals surface area contributed by atoms with Gasteiger partial charge in [-0.15, -0.1) is 0 Å². The number of nitrogens with zero attached hydrogens (tertiary/aromatic N) is 2. The Balaban J connectivity index is 1.70. The van der Waals surface area contributed by atoms with Crippen LogP contribution in [0.3, 0.4) is 0 Å². The summed E-state index contributed by atoms with van der Waals surface area (Å²) in [6.45, 7) is 5.89. The minimum atomic E-state index is 0.918. The predicted molar refractivity (Wildman–Crippen MR) is 105 cm³/mol. The molecule has 1 fully saturated rings. The molecule has 0 N–H and O–H groups in total. The number of ether oxygens (including phenoxy) is 1. The van der Waals surface area contributed by atoms with Gasteiger partial charge in [-0.05, 0) is 49.1 Å². The van der Waals surface area contributed by atoms with Crippen molar-refractivity contribution in [2.75, 3.05) is 45.2 Å². The van der Waals surface area contributed by atoms with E-state index in [1.54, 1.807) is 7.11 Å². The first-order chi connectivity index (χ1) is 12.2. The highest BCUT2D eigenvalue weighted by atomic mass is 16.5. The molecule has 0 radical (unpaired) electrons. The van der Waals surface area contributed by atoms with Crippen LogP contribution >= 0.6 is 0 Å². The number of methoxy groups -OCH3 is 1. The van der Waals surface area contributed by atoms with E-state index in [4.69, 9.17) is 4.74 Å². The van der Waals surface area contributed by atoms with Gasteiger partial charge >= 0.3 is 0 Å². The van der Waals surface area contributed by atoms with Crippen LogP contribution in [0.15, 0.2) is 54.6 Å². The van der Waals surface area contributed by atoms with E-state index in [0.29, 0.717) is 0 Å². The van der Waals surface area contributed by atoms with Crippen LogP contribution in [0.1, 0.15) is 24.8 Å². The number of benzene rings is 2. The Morgan fingerprint density at radius 3 is 2.24 bits per heavy atom. The van der Waals surface area contributed by atoms with Gasteiger partial charge < -0.3 is 14.1 Å². The Hall–Kier alpha value is -2.00. The molecule has 0 spiro atoms. The third-order valence-corrected chi connectivity index (χ3v) is 5.46. The molecule has 3 rings (SSSR count). The van der Waals surface area contributed by atoms with Gasteiger partial charge in [-0.1, -0.05) is 30.3 Å². The maximum atomic E-state index is 5.28. The number of hydrogen-bond acceptors (Lipinski definition) is 2. The second-order valence-electron chi connectivity index (χ2n) is 7.46. The first-order valence-corrected chi connectivity index (χ1v) is 9.45. The molecule has 1 heterocycles. The molecule has 3 nitrogen and oxygen atoms in total. The zero-order valence-electron chi connectivity index (χ0n) is 15.7. The van der Waals surface area contributed by atoms with Gasteiger partial charge in [0.15, 0.2) is 0 Å². The highest BCUT2D eigenvalue weighted by molar-refractivity contribution is 5.47. The fraction of sp³-hybridized carbons (Fsp3) is 0.455. The van der Waals surface area contributed by atoms with E-state index >= 15 is 0 Å². The molecule has 2 aromatic rings.